The number of nitrogens with one attached hydrogen (secondary N) is 2. The van der Waals surface area contributed by atoms with Crippen LogP contribution in [0.4, 0.5) is 11.4 Å². The maximum absolute atomic E-state index is 6.46. The minimum absolute atomic E-state index is 0.953. The van der Waals surface area contributed by atoms with E-state index < -0.39 is 12.4 Å². The van der Waals surface area contributed by atoms with Gasteiger partial charge in [0.15, 0.2) is 0 Å². The highest BCUT2D eigenvalue weighted by molar-refractivity contribution is 8.23. The molecule has 0 amide bonds. The minimum atomic E-state index is -2.36. The molecule has 0 heterocycles. The summed E-state index contributed by atoms with van der Waals surface area (Å²) >= 11 is 12.9. The highest BCUT2D eigenvalue weighted by Gasteiger charge is 2.26. The molecule has 178 valence electrons. The van der Waals surface area contributed by atoms with Gasteiger partial charge in [-0.15, -0.1) is 0 Å². The van der Waals surface area contributed by atoms with Crippen molar-refractivity contribution in [2.45, 2.75) is 0 Å². The Hall–Kier alpha value is -3.00. The Morgan fingerprint density at radius 3 is 0.806 bits per heavy atom. The van der Waals surface area contributed by atoms with Crippen molar-refractivity contribution in [2.75, 3.05) is 10.2 Å². The largest absolute Gasteiger partial charge is 0.349 e. The number of para-hydroxylation sites is 2. The van der Waals surface area contributed by atoms with Crippen LogP contribution < -0.4 is 31.4 Å². The number of hydrogen-bond donors (Lipinski definition) is 2. The van der Waals surface area contributed by atoms with Gasteiger partial charge >= 0.3 is 0 Å². The van der Waals surface area contributed by atoms with Crippen molar-refractivity contribution in [3.63, 3.8) is 0 Å². The molecule has 0 aliphatic heterocycles. The smallest absolute Gasteiger partial charge is 0.0904 e. The molecule has 0 atom stereocenters. The van der Waals surface area contributed by atoms with Crippen LogP contribution in [0.5, 0.6) is 0 Å². The van der Waals surface area contributed by atoms with E-state index >= 15 is 0 Å². The van der Waals surface area contributed by atoms with Crippen molar-refractivity contribution < 1.29 is 0 Å². The number of hydrogen-bond acceptors (Lipinski definition) is 2. The summed E-state index contributed by atoms with van der Waals surface area (Å²) in [5.74, 6) is 0. The standard InChI is InChI=1S/C30H26N2P2S2/c35-33(25-15-5-1-6-16-25,26-17-7-2-8-18-26)31-29-23-13-14-24-30(29)32-34(36,27-19-9-3-10-20-27)28-21-11-4-12-22-28/h1-24H,(H,31,35)(H,32,36). The van der Waals surface area contributed by atoms with Crippen LogP contribution in [0.15, 0.2) is 146 Å². The van der Waals surface area contributed by atoms with Gasteiger partial charge in [0.2, 0.25) is 0 Å². The molecule has 2 nitrogen and oxygen atoms in total. The molecule has 0 fully saturated rings. The van der Waals surface area contributed by atoms with Gasteiger partial charge in [0.05, 0.1) is 23.8 Å². The molecule has 0 saturated heterocycles. The Morgan fingerprint density at radius 1 is 0.333 bits per heavy atom. The summed E-state index contributed by atoms with van der Waals surface area (Å²) in [5, 5.41) is 12.1. The average molecular weight is 541 g/mol. The first-order chi connectivity index (χ1) is 17.6. The molecule has 0 unspecified atom stereocenters. The maximum Gasteiger partial charge on any atom is 0.0904 e. The summed E-state index contributed by atoms with van der Waals surface area (Å²) in [6, 6.07) is 49.7. The molecule has 5 aromatic rings. The van der Waals surface area contributed by atoms with Crippen LogP contribution in [0, 0.1) is 0 Å². The monoisotopic (exact) mass is 540 g/mol. The van der Waals surface area contributed by atoms with Crippen LogP contribution in [0.25, 0.3) is 0 Å². The Bertz CT molecular complexity index is 1320. The van der Waals surface area contributed by atoms with Gasteiger partial charge in [-0.2, -0.15) is 0 Å². The quantitative estimate of drug-likeness (QED) is 0.217. The Balaban J connectivity index is 1.61. The van der Waals surface area contributed by atoms with Gasteiger partial charge < -0.3 is 10.2 Å². The van der Waals surface area contributed by atoms with Crippen molar-refractivity contribution in [2.24, 2.45) is 0 Å². The number of benzene rings is 5. The summed E-state index contributed by atoms with van der Waals surface area (Å²) in [5.41, 5.74) is 1.91. The topological polar surface area (TPSA) is 24.1 Å². The van der Waals surface area contributed by atoms with Crippen LogP contribution in [-0.4, -0.2) is 0 Å². The lowest BCUT2D eigenvalue weighted by Crippen LogP contribution is -2.23. The predicted octanol–water partition coefficient (Wildman–Crippen LogP) is 6.60. The van der Waals surface area contributed by atoms with E-state index in [1.165, 1.54) is 0 Å². The summed E-state index contributed by atoms with van der Waals surface area (Å²) in [7, 11) is 0. The molecule has 36 heavy (non-hydrogen) atoms. The third kappa shape index (κ3) is 5.09. The van der Waals surface area contributed by atoms with Crippen molar-refractivity contribution in [3.8, 4) is 0 Å². The van der Waals surface area contributed by atoms with E-state index in [0.717, 1.165) is 32.6 Å². The molecular formula is C30H26N2P2S2. The Morgan fingerprint density at radius 2 is 0.556 bits per heavy atom. The van der Waals surface area contributed by atoms with Crippen molar-refractivity contribution >= 4 is 68.6 Å². The lowest BCUT2D eigenvalue weighted by atomic mass is 10.3. The Labute approximate surface area is 223 Å². The second-order valence-corrected chi connectivity index (χ2v) is 16.6. The summed E-state index contributed by atoms with van der Waals surface area (Å²) in [6.45, 7) is 0. The second-order valence-electron chi connectivity index (χ2n) is 8.33. The van der Waals surface area contributed by atoms with Crippen LogP contribution in [0.3, 0.4) is 0 Å². The van der Waals surface area contributed by atoms with E-state index in [9.17, 15) is 0 Å². The lowest BCUT2D eigenvalue weighted by Gasteiger charge is -2.30. The van der Waals surface area contributed by atoms with E-state index in [2.05, 4.69) is 119 Å². The van der Waals surface area contributed by atoms with E-state index in [1.54, 1.807) is 0 Å². The zero-order valence-electron chi connectivity index (χ0n) is 19.6. The van der Waals surface area contributed by atoms with Gasteiger partial charge in [0.1, 0.15) is 0 Å². The molecule has 0 aromatic heterocycles. The molecule has 2 N–H and O–H groups in total. The summed E-state index contributed by atoms with van der Waals surface area (Å²) < 4.78 is 0. The molecule has 0 spiro atoms. The van der Waals surface area contributed by atoms with E-state index in [-0.39, 0.29) is 0 Å². The Kier molecular flexibility index (Phi) is 7.51. The van der Waals surface area contributed by atoms with Gasteiger partial charge in [0.25, 0.3) is 0 Å². The van der Waals surface area contributed by atoms with Crippen molar-refractivity contribution in [1.29, 1.82) is 0 Å². The molecule has 0 aliphatic carbocycles. The van der Waals surface area contributed by atoms with Crippen molar-refractivity contribution in [1.82, 2.24) is 0 Å². The zero-order valence-corrected chi connectivity index (χ0v) is 23.0. The van der Waals surface area contributed by atoms with Crippen molar-refractivity contribution in [3.05, 3.63) is 146 Å². The number of anilines is 2. The molecular weight excluding hydrogens is 514 g/mol. The van der Waals surface area contributed by atoms with Crippen LogP contribution in [0.1, 0.15) is 0 Å². The van der Waals surface area contributed by atoms with Crippen LogP contribution >= 0.6 is 12.4 Å². The lowest BCUT2D eigenvalue weighted by molar-refractivity contribution is 1.63. The molecule has 0 radical (unpaired) electrons. The molecule has 0 aliphatic rings. The summed E-state index contributed by atoms with van der Waals surface area (Å²) in [4.78, 5) is 0. The first-order valence-corrected chi connectivity index (χ1v) is 17.3. The highest BCUT2D eigenvalue weighted by Crippen LogP contribution is 2.49. The first kappa shape index (κ1) is 24.7. The third-order valence-corrected chi connectivity index (χ3v) is 14.3. The third-order valence-electron chi connectivity index (χ3n) is 5.96. The predicted molar refractivity (Wildman–Crippen MR) is 167 cm³/mol. The average Bonchev–Trinajstić information content (AvgIpc) is 2.96. The van der Waals surface area contributed by atoms with Gasteiger partial charge in [-0.05, 0) is 12.1 Å². The molecule has 6 heteroatoms. The SMILES string of the molecule is S=P(Nc1ccccc1NP(=S)(c1ccccc1)c1ccccc1)(c1ccccc1)c1ccccc1. The fourth-order valence-electron chi connectivity index (χ4n) is 4.13. The first-order valence-electron chi connectivity index (χ1n) is 11.7. The maximum atomic E-state index is 6.46. The number of rotatable bonds is 8. The molecule has 5 aromatic carbocycles. The van der Waals surface area contributed by atoms with E-state index in [0.29, 0.717) is 0 Å². The summed E-state index contributed by atoms with van der Waals surface area (Å²) in [6.07, 6.45) is -4.72. The highest BCUT2D eigenvalue weighted by atomic mass is 32.4. The second kappa shape index (κ2) is 10.9. The van der Waals surface area contributed by atoms with Crippen LogP contribution in [-0.2, 0) is 23.6 Å². The zero-order chi connectivity index (χ0) is 24.8. The van der Waals surface area contributed by atoms with Gasteiger partial charge in [-0.25, -0.2) is 0 Å². The fraction of sp³-hybridized carbons (Fsp3) is 0. The van der Waals surface area contributed by atoms with Gasteiger partial charge in [-0.1, -0.05) is 157 Å². The van der Waals surface area contributed by atoms with E-state index in [1.807, 2.05) is 36.4 Å². The minimum Gasteiger partial charge on any atom is -0.349 e. The van der Waals surface area contributed by atoms with Crippen LogP contribution in [0.2, 0.25) is 0 Å². The van der Waals surface area contributed by atoms with Gasteiger partial charge in [0, 0.05) is 21.2 Å². The fourth-order valence-corrected chi connectivity index (χ4v) is 10.7. The molecule has 5 rings (SSSR count). The normalized spacial score (nSPS) is 11.6. The molecule has 0 bridgehead atoms. The van der Waals surface area contributed by atoms with Gasteiger partial charge in [-0.3, -0.25) is 0 Å². The molecule has 0 saturated carbocycles. The van der Waals surface area contributed by atoms with E-state index in [4.69, 9.17) is 23.6 Å².